The standard InChI is InChI=1S/C23H25FN4O2S/c24-18-4-5-19(27-14-18)23(30)28-11-7-16(8-12-28)3-1-2-9-26-22(29)20-13-17-6-10-25-15-21(17)31-20/h4-6,10,13-16H,1-3,7-9,11-12H2,(H,26,29). The van der Waals surface area contributed by atoms with E-state index in [0.717, 1.165) is 53.3 Å². The third kappa shape index (κ3) is 5.44. The van der Waals surface area contributed by atoms with Crippen LogP contribution in [0.4, 0.5) is 4.39 Å². The van der Waals surface area contributed by atoms with Gasteiger partial charge in [-0.05, 0) is 54.8 Å². The number of carbonyl (C=O) groups is 2. The summed E-state index contributed by atoms with van der Waals surface area (Å²) in [7, 11) is 0. The summed E-state index contributed by atoms with van der Waals surface area (Å²) >= 11 is 1.46. The number of nitrogens with one attached hydrogen (secondary N) is 1. The second-order valence-electron chi connectivity index (χ2n) is 7.87. The molecule has 0 saturated carbocycles. The summed E-state index contributed by atoms with van der Waals surface area (Å²) in [5, 5.41) is 4.05. The molecule has 1 aliphatic rings. The Hall–Kier alpha value is -2.87. The fourth-order valence-corrected chi connectivity index (χ4v) is 4.88. The highest BCUT2D eigenvalue weighted by atomic mass is 32.1. The van der Waals surface area contributed by atoms with E-state index in [0.29, 0.717) is 31.2 Å². The van der Waals surface area contributed by atoms with Crippen LogP contribution in [0.5, 0.6) is 0 Å². The van der Waals surface area contributed by atoms with Crippen molar-refractivity contribution >= 4 is 33.2 Å². The van der Waals surface area contributed by atoms with Crippen molar-refractivity contribution in [3.8, 4) is 0 Å². The van der Waals surface area contributed by atoms with Crippen molar-refractivity contribution in [3.05, 3.63) is 59.2 Å². The quantitative estimate of drug-likeness (QED) is 0.557. The summed E-state index contributed by atoms with van der Waals surface area (Å²) in [4.78, 5) is 35.3. The highest BCUT2D eigenvalue weighted by Crippen LogP contribution is 2.25. The SMILES string of the molecule is O=C(NCCCCC1CCN(C(=O)c2ccc(F)cn2)CC1)c1cc2ccncc2s1. The summed E-state index contributed by atoms with van der Waals surface area (Å²) in [5.74, 6) is 0.00388. The largest absolute Gasteiger partial charge is 0.351 e. The molecule has 0 atom stereocenters. The highest BCUT2D eigenvalue weighted by Gasteiger charge is 2.24. The normalized spacial score (nSPS) is 14.7. The topological polar surface area (TPSA) is 75.2 Å². The first-order valence-electron chi connectivity index (χ1n) is 10.6. The number of carbonyl (C=O) groups excluding carboxylic acids is 2. The molecular weight excluding hydrogens is 415 g/mol. The number of thiophene rings is 1. The lowest BCUT2D eigenvalue weighted by Gasteiger charge is -2.31. The number of fused-ring (bicyclic) bond motifs is 1. The van der Waals surface area contributed by atoms with E-state index < -0.39 is 5.82 Å². The molecule has 3 aromatic heterocycles. The van der Waals surface area contributed by atoms with Gasteiger partial charge in [0.25, 0.3) is 11.8 Å². The number of piperidine rings is 1. The van der Waals surface area contributed by atoms with E-state index in [2.05, 4.69) is 15.3 Å². The van der Waals surface area contributed by atoms with Gasteiger partial charge >= 0.3 is 0 Å². The molecule has 31 heavy (non-hydrogen) atoms. The number of rotatable bonds is 7. The van der Waals surface area contributed by atoms with Gasteiger partial charge in [-0.25, -0.2) is 9.37 Å². The number of unbranched alkanes of at least 4 members (excludes halogenated alkanes) is 1. The van der Waals surface area contributed by atoms with Gasteiger partial charge in [-0.3, -0.25) is 14.6 Å². The molecule has 0 spiro atoms. The van der Waals surface area contributed by atoms with Crippen molar-refractivity contribution in [1.29, 1.82) is 0 Å². The van der Waals surface area contributed by atoms with Gasteiger partial charge in [0.2, 0.25) is 0 Å². The maximum absolute atomic E-state index is 13.0. The van der Waals surface area contributed by atoms with Crippen molar-refractivity contribution in [2.45, 2.75) is 32.1 Å². The molecule has 162 valence electrons. The van der Waals surface area contributed by atoms with Crippen molar-refractivity contribution < 1.29 is 14.0 Å². The van der Waals surface area contributed by atoms with E-state index in [4.69, 9.17) is 0 Å². The number of halogens is 1. The molecular formula is C23H25FN4O2S. The zero-order valence-electron chi connectivity index (χ0n) is 17.2. The minimum atomic E-state index is -0.437. The van der Waals surface area contributed by atoms with Gasteiger partial charge in [0.05, 0.1) is 15.8 Å². The number of hydrogen-bond donors (Lipinski definition) is 1. The van der Waals surface area contributed by atoms with Gasteiger partial charge in [0.1, 0.15) is 11.5 Å². The number of aromatic nitrogens is 2. The lowest BCUT2D eigenvalue weighted by Crippen LogP contribution is -2.38. The summed E-state index contributed by atoms with van der Waals surface area (Å²) in [6.45, 7) is 2.08. The second-order valence-corrected chi connectivity index (χ2v) is 8.96. The Morgan fingerprint density at radius 3 is 2.74 bits per heavy atom. The molecule has 1 N–H and O–H groups in total. The van der Waals surface area contributed by atoms with Crippen LogP contribution in [0, 0.1) is 11.7 Å². The Balaban J connectivity index is 1.13. The zero-order valence-corrected chi connectivity index (χ0v) is 18.0. The average Bonchev–Trinajstić information content (AvgIpc) is 3.24. The Bertz CT molecular complexity index is 1010. The van der Waals surface area contributed by atoms with Gasteiger partial charge in [0, 0.05) is 32.0 Å². The number of hydrogen-bond acceptors (Lipinski definition) is 5. The van der Waals surface area contributed by atoms with Crippen molar-refractivity contribution in [1.82, 2.24) is 20.2 Å². The first-order valence-corrected chi connectivity index (χ1v) is 11.4. The number of nitrogens with zero attached hydrogens (tertiary/aromatic N) is 3. The van der Waals surface area contributed by atoms with Crippen molar-refractivity contribution in [3.63, 3.8) is 0 Å². The molecule has 3 aromatic rings. The molecule has 4 heterocycles. The first-order chi connectivity index (χ1) is 15.1. The summed E-state index contributed by atoms with van der Waals surface area (Å²) in [5.41, 5.74) is 0.297. The van der Waals surface area contributed by atoms with E-state index in [-0.39, 0.29) is 11.8 Å². The van der Waals surface area contributed by atoms with Crippen LogP contribution in [-0.4, -0.2) is 46.3 Å². The highest BCUT2D eigenvalue weighted by molar-refractivity contribution is 7.20. The van der Waals surface area contributed by atoms with E-state index in [1.54, 1.807) is 17.3 Å². The first kappa shape index (κ1) is 21.4. The van der Waals surface area contributed by atoms with Crippen LogP contribution in [0.25, 0.3) is 10.1 Å². The maximum Gasteiger partial charge on any atom is 0.272 e. The molecule has 1 aliphatic heterocycles. The predicted molar refractivity (Wildman–Crippen MR) is 119 cm³/mol. The number of likely N-dealkylation sites (tertiary alicyclic amines) is 1. The maximum atomic E-state index is 13.0. The predicted octanol–water partition coefficient (Wildman–Crippen LogP) is 4.28. The van der Waals surface area contributed by atoms with Gasteiger partial charge < -0.3 is 10.2 Å². The molecule has 0 bridgehead atoms. The minimum absolute atomic E-state index is 0.0255. The average molecular weight is 441 g/mol. The Morgan fingerprint density at radius 2 is 2.00 bits per heavy atom. The van der Waals surface area contributed by atoms with Gasteiger partial charge in [0.15, 0.2) is 0 Å². The van der Waals surface area contributed by atoms with E-state index in [9.17, 15) is 14.0 Å². The van der Waals surface area contributed by atoms with E-state index >= 15 is 0 Å². The monoisotopic (exact) mass is 440 g/mol. The van der Waals surface area contributed by atoms with Crippen LogP contribution in [0.15, 0.2) is 42.9 Å². The Morgan fingerprint density at radius 1 is 1.16 bits per heavy atom. The molecule has 0 unspecified atom stereocenters. The van der Waals surface area contributed by atoms with Gasteiger partial charge in [-0.15, -0.1) is 11.3 Å². The number of pyridine rings is 2. The molecule has 1 saturated heterocycles. The second kappa shape index (κ2) is 9.96. The molecule has 1 fully saturated rings. The molecule has 2 amide bonds. The molecule has 8 heteroatoms. The summed E-state index contributed by atoms with van der Waals surface area (Å²) < 4.78 is 14.0. The van der Waals surface area contributed by atoms with Crippen LogP contribution in [-0.2, 0) is 0 Å². The van der Waals surface area contributed by atoms with Gasteiger partial charge in [-0.1, -0.05) is 12.8 Å². The Labute approximate surface area is 184 Å². The third-order valence-corrected chi connectivity index (χ3v) is 6.80. The van der Waals surface area contributed by atoms with E-state index in [1.807, 2.05) is 12.1 Å². The van der Waals surface area contributed by atoms with Crippen LogP contribution in [0.2, 0.25) is 0 Å². The number of amides is 2. The molecule has 4 rings (SSSR count). The van der Waals surface area contributed by atoms with Crippen LogP contribution < -0.4 is 5.32 Å². The van der Waals surface area contributed by atoms with Crippen LogP contribution >= 0.6 is 11.3 Å². The lowest BCUT2D eigenvalue weighted by molar-refractivity contribution is 0.0679. The zero-order chi connectivity index (χ0) is 21.6. The third-order valence-electron chi connectivity index (χ3n) is 5.72. The molecule has 0 aliphatic carbocycles. The molecule has 0 aromatic carbocycles. The fraction of sp³-hybridized carbons (Fsp3) is 0.391. The van der Waals surface area contributed by atoms with Crippen molar-refractivity contribution in [2.24, 2.45) is 5.92 Å². The Kier molecular flexibility index (Phi) is 6.86. The summed E-state index contributed by atoms with van der Waals surface area (Å²) in [6, 6.07) is 6.53. The van der Waals surface area contributed by atoms with E-state index in [1.165, 1.54) is 23.5 Å². The molecule has 6 nitrogen and oxygen atoms in total. The van der Waals surface area contributed by atoms with Crippen molar-refractivity contribution in [2.75, 3.05) is 19.6 Å². The summed E-state index contributed by atoms with van der Waals surface area (Å²) in [6.07, 6.45) is 9.62. The fourth-order valence-electron chi connectivity index (χ4n) is 3.93. The minimum Gasteiger partial charge on any atom is -0.351 e. The van der Waals surface area contributed by atoms with Gasteiger partial charge in [-0.2, -0.15) is 0 Å². The lowest BCUT2D eigenvalue weighted by atomic mass is 9.91. The van der Waals surface area contributed by atoms with Crippen LogP contribution in [0.1, 0.15) is 52.3 Å². The molecule has 0 radical (unpaired) electrons. The van der Waals surface area contributed by atoms with Crippen LogP contribution in [0.3, 0.4) is 0 Å². The smallest absolute Gasteiger partial charge is 0.272 e.